The summed E-state index contributed by atoms with van der Waals surface area (Å²) in [6, 6.07) is 8.73. The minimum atomic E-state index is -0.0958. The fourth-order valence-electron chi connectivity index (χ4n) is 3.13. The lowest BCUT2D eigenvalue weighted by Crippen LogP contribution is -2.46. The predicted molar refractivity (Wildman–Crippen MR) is 117 cm³/mol. The monoisotopic (exact) mass is 473 g/mol. The van der Waals surface area contributed by atoms with Crippen molar-refractivity contribution in [1.29, 1.82) is 0 Å². The van der Waals surface area contributed by atoms with Crippen LogP contribution in [0, 0.1) is 5.92 Å². The van der Waals surface area contributed by atoms with Crippen LogP contribution < -0.4 is 5.32 Å². The van der Waals surface area contributed by atoms with Crippen molar-refractivity contribution < 1.29 is 9.53 Å². The highest BCUT2D eigenvalue weighted by Gasteiger charge is 2.26. The molecule has 1 aliphatic rings. The summed E-state index contributed by atoms with van der Waals surface area (Å²) < 4.78 is 4.85. The molecule has 2 rings (SSSR count). The second-order valence-electron chi connectivity index (χ2n) is 7.63. The topological polar surface area (TPSA) is 53.9 Å². The van der Waals surface area contributed by atoms with Gasteiger partial charge in [0.25, 0.3) is 0 Å². The van der Waals surface area contributed by atoms with Gasteiger partial charge in [0, 0.05) is 26.7 Å². The summed E-state index contributed by atoms with van der Waals surface area (Å²) >= 11 is 0. The molecule has 0 amide bonds. The number of rotatable bonds is 3. The summed E-state index contributed by atoms with van der Waals surface area (Å²) in [5.41, 5.74) is 2.75. The van der Waals surface area contributed by atoms with Gasteiger partial charge in [0.05, 0.1) is 13.0 Å². The normalized spacial score (nSPS) is 16.0. The first-order valence-electron chi connectivity index (χ1n) is 8.98. The largest absolute Gasteiger partial charge is 0.469 e. The highest BCUT2D eigenvalue weighted by Crippen LogP contribution is 2.22. The van der Waals surface area contributed by atoms with E-state index in [1.165, 1.54) is 18.2 Å². The molecule has 1 aliphatic heterocycles. The van der Waals surface area contributed by atoms with Crippen molar-refractivity contribution in [3.05, 3.63) is 35.4 Å². The maximum Gasteiger partial charge on any atom is 0.308 e. The third-order valence-electron chi connectivity index (χ3n) is 4.81. The molecule has 1 aromatic rings. The van der Waals surface area contributed by atoms with Gasteiger partial charge < -0.3 is 15.0 Å². The Balaban J connectivity index is 0.00000338. The lowest BCUT2D eigenvalue weighted by molar-refractivity contribution is -0.146. The van der Waals surface area contributed by atoms with Crippen LogP contribution in [0.1, 0.15) is 44.7 Å². The Morgan fingerprint density at radius 1 is 1.23 bits per heavy atom. The number of piperidine rings is 1. The Morgan fingerprint density at radius 2 is 1.81 bits per heavy atom. The molecule has 0 aliphatic carbocycles. The molecule has 26 heavy (non-hydrogen) atoms. The smallest absolute Gasteiger partial charge is 0.308 e. The highest BCUT2D eigenvalue weighted by molar-refractivity contribution is 14.0. The molecule has 1 fully saturated rings. The van der Waals surface area contributed by atoms with E-state index in [4.69, 9.17) is 4.74 Å². The number of methoxy groups -OCH3 is 1. The van der Waals surface area contributed by atoms with Crippen molar-refractivity contribution in [3.8, 4) is 0 Å². The van der Waals surface area contributed by atoms with E-state index >= 15 is 0 Å². The van der Waals surface area contributed by atoms with E-state index in [1.807, 2.05) is 0 Å². The molecule has 0 spiro atoms. The molecule has 1 saturated heterocycles. The fraction of sp³-hybridized carbons (Fsp3) is 0.600. The molecular weight excluding hydrogens is 441 g/mol. The van der Waals surface area contributed by atoms with E-state index in [0.717, 1.165) is 38.4 Å². The summed E-state index contributed by atoms with van der Waals surface area (Å²) in [7, 11) is 3.26. The minimum Gasteiger partial charge on any atom is -0.469 e. The van der Waals surface area contributed by atoms with Crippen LogP contribution in [-0.4, -0.2) is 44.1 Å². The average Bonchev–Trinajstić information content (AvgIpc) is 2.61. The zero-order chi connectivity index (χ0) is 18.4. The molecule has 146 valence electrons. The van der Waals surface area contributed by atoms with E-state index in [1.54, 1.807) is 7.05 Å². The Bertz CT molecular complexity index is 600. The van der Waals surface area contributed by atoms with E-state index in [9.17, 15) is 4.79 Å². The van der Waals surface area contributed by atoms with Crippen molar-refractivity contribution in [1.82, 2.24) is 10.2 Å². The zero-order valence-electron chi connectivity index (χ0n) is 16.5. The summed E-state index contributed by atoms with van der Waals surface area (Å²) in [4.78, 5) is 18.2. The van der Waals surface area contributed by atoms with Crippen LogP contribution in [0.15, 0.2) is 29.3 Å². The molecule has 5 nitrogen and oxygen atoms in total. The van der Waals surface area contributed by atoms with Crippen LogP contribution in [-0.2, 0) is 21.5 Å². The van der Waals surface area contributed by atoms with Gasteiger partial charge in [0.1, 0.15) is 0 Å². The number of carbonyl (C=O) groups is 1. The van der Waals surface area contributed by atoms with Gasteiger partial charge in [-0.05, 0) is 29.4 Å². The van der Waals surface area contributed by atoms with Crippen LogP contribution in [0.3, 0.4) is 0 Å². The number of esters is 1. The molecular formula is C20H32IN3O2. The maximum atomic E-state index is 11.6. The van der Waals surface area contributed by atoms with Gasteiger partial charge in [-0.15, -0.1) is 24.0 Å². The number of likely N-dealkylation sites (tertiary alicyclic amines) is 1. The molecule has 1 heterocycles. The summed E-state index contributed by atoms with van der Waals surface area (Å²) in [5, 5.41) is 3.43. The molecule has 1 aromatic carbocycles. The zero-order valence-corrected chi connectivity index (χ0v) is 18.9. The Kier molecular flexibility index (Phi) is 8.86. The number of benzene rings is 1. The molecule has 0 atom stereocenters. The number of hydrogen-bond donors (Lipinski definition) is 1. The second-order valence-corrected chi connectivity index (χ2v) is 7.63. The molecule has 6 heteroatoms. The van der Waals surface area contributed by atoms with Crippen molar-refractivity contribution >= 4 is 35.9 Å². The number of aliphatic imine (C=N–C) groups is 1. The van der Waals surface area contributed by atoms with Gasteiger partial charge in [-0.2, -0.15) is 0 Å². The number of guanidine groups is 1. The molecule has 0 saturated carbocycles. The van der Waals surface area contributed by atoms with E-state index in [2.05, 4.69) is 60.2 Å². The Labute approximate surface area is 174 Å². The van der Waals surface area contributed by atoms with Crippen molar-refractivity contribution in [2.24, 2.45) is 10.9 Å². The molecule has 0 radical (unpaired) electrons. The predicted octanol–water partition coefficient (Wildman–Crippen LogP) is 3.56. The SMILES string of the molecule is CN=C(NCc1ccc(C(C)(C)C)cc1)N1CCC(C(=O)OC)CC1.I. The first-order chi connectivity index (χ1) is 11.8. The minimum absolute atomic E-state index is 0. The number of ether oxygens (including phenoxy) is 1. The van der Waals surface area contributed by atoms with Crippen molar-refractivity contribution in [2.45, 2.75) is 45.6 Å². The maximum absolute atomic E-state index is 11.6. The number of hydrogen-bond acceptors (Lipinski definition) is 3. The Morgan fingerprint density at radius 3 is 2.27 bits per heavy atom. The first-order valence-corrected chi connectivity index (χ1v) is 8.98. The molecule has 1 N–H and O–H groups in total. The van der Waals surface area contributed by atoms with Crippen LogP contribution in [0.25, 0.3) is 0 Å². The van der Waals surface area contributed by atoms with Gasteiger partial charge in [-0.1, -0.05) is 45.0 Å². The number of nitrogens with zero attached hydrogens (tertiary/aromatic N) is 2. The van der Waals surface area contributed by atoms with Crippen LogP contribution >= 0.6 is 24.0 Å². The number of nitrogens with one attached hydrogen (secondary N) is 1. The summed E-state index contributed by atoms with van der Waals surface area (Å²) in [6.45, 7) is 9.05. The van der Waals surface area contributed by atoms with Crippen LogP contribution in [0.2, 0.25) is 0 Å². The van der Waals surface area contributed by atoms with E-state index in [0.29, 0.717) is 0 Å². The van der Waals surface area contributed by atoms with Crippen molar-refractivity contribution in [2.75, 3.05) is 27.2 Å². The highest BCUT2D eigenvalue weighted by atomic mass is 127. The average molecular weight is 473 g/mol. The third-order valence-corrected chi connectivity index (χ3v) is 4.81. The molecule has 0 unspecified atom stereocenters. The lowest BCUT2D eigenvalue weighted by atomic mass is 9.87. The van der Waals surface area contributed by atoms with Crippen LogP contribution in [0.5, 0.6) is 0 Å². The molecule has 0 aromatic heterocycles. The Hall–Kier alpha value is -1.31. The summed E-state index contributed by atoms with van der Waals surface area (Å²) in [6.07, 6.45) is 1.63. The van der Waals surface area contributed by atoms with E-state index < -0.39 is 0 Å². The first kappa shape index (κ1) is 22.7. The quantitative estimate of drug-likeness (QED) is 0.316. The fourth-order valence-corrected chi connectivity index (χ4v) is 3.13. The lowest BCUT2D eigenvalue weighted by Gasteiger charge is -2.33. The summed E-state index contributed by atoms with van der Waals surface area (Å²) in [5.74, 6) is 0.814. The van der Waals surface area contributed by atoms with Gasteiger partial charge >= 0.3 is 5.97 Å². The standard InChI is InChI=1S/C20H31N3O2.HI/c1-20(2,3)17-8-6-15(7-9-17)14-22-19(21-4)23-12-10-16(11-13-23)18(24)25-5;/h6-9,16H,10-14H2,1-5H3,(H,21,22);1H. The second kappa shape index (κ2) is 10.1. The van der Waals surface area contributed by atoms with E-state index in [-0.39, 0.29) is 41.3 Å². The van der Waals surface area contributed by atoms with Gasteiger partial charge in [0.2, 0.25) is 0 Å². The van der Waals surface area contributed by atoms with Crippen LogP contribution in [0.4, 0.5) is 0 Å². The number of halogens is 1. The van der Waals surface area contributed by atoms with Gasteiger partial charge in [0.15, 0.2) is 5.96 Å². The third kappa shape index (κ3) is 6.14. The van der Waals surface area contributed by atoms with Crippen molar-refractivity contribution in [3.63, 3.8) is 0 Å². The molecule has 0 bridgehead atoms. The van der Waals surface area contributed by atoms with Gasteiger partial charge in [-0.3, -0.25) is 9.79 Å². The van der Waals surface area contributed by atoms with Gasteiger partial charge in [-0.25, -0.2) is 0 Å². The number of carbonyl (C=O) groups excluding carboxylic acids is 1.